The van der Waals surface area contributed by atoms with E-state index in [-0.39, 0.29) is 5.12 Å². The second kappa shape index (κ2) is 2.58. The van der Waals surface area contributed by atoms with Crippen LogP contribution in [0.2, 0.25) is 0 Å². The number of carbonyl (C=O) groups excluding carboxylic acids is 1. The molecule has 0 aromatic heterocycles. The standard InChI is InChI=1S/C6H6N3OS/c10-5-2-8-4-1-7-3-9-6(4)11-5/h1,3,8-9H,2H2. The van der Waals surface area contributed by atoms with Crippen molar-refractivity contribution in [1.82, 2.24) is 10.6 Å². The van der Waals surface area contributed by atoms with Crippen LogP contribution in [-0.4, -0.2) is 17.9 Å². The molecule has 0 unspecified atom stereocenters. The molecule has 0 aromatic carbocycles. The summed E-state index contributed by atoms with van der Waals surface area (Å²) in [6, 6.07) is 0. The first kappa shape index (κ1) is 6.72. The Morgan fingerprint density at radius 2 is 2.55 bits per heavy atom. The number of allylic oxidation sites excluding steroid dienone is 1. The molecule has 2 N–H and O–H groups in total. The molecule has 5 heteroatoms. The van der Waals surface area contributed by atoms with Crippen LogP contribution < -0.4 is 10.6 Å². The Hall–Kier alpha value is -0.970. The molecule has 57 valence electrons. The molecule has 1 radical (unpaired) electrons. The SMILES string of the molecule is O=C1CNC2=C(N[CH]N=C2)S1. The minimum Gasteiger partial charge on any atom is -0.374 e. The van der Waals surface area contributed by atoms with Crippen LogP contribution in [0.4, 0.5) is 0 Å². The summed E-state index contributed by atoms with van der Waals surface area (Å²) in [5.41, 5.74) is 0.900. The van der Waals surface area contributed by atoms with Crippen molar-refractivity contribution in [2.75, 3.05) is 6.54 Å². The van der Waals surface area contributed by atoms with E-state index < -0.39 is 0 Å². The van der Waals surface area contributed by atoms with Crippen molar-refractivity contribution < 1.29 is 4.79 Å². The zero-order valence-electron chi connectivity index (χ0n) is 5.63. The van der Waals surface area contributed by atoms with E-state index in [9.17, 15) is 4.79 Å². The fraction of sp³-hybridized carbons (Fsp3) is 0.167. The smallest absolute Gasteiger partial charge is 0.214 e. The predicted molar refractivity (Wildman–Crippen MR) is 43.6 cm³/mol. The Morgan fingerprint density at radius 3 is 3.45 bits per heavy atom. The van der Waals surface area contributed by atoms with Crippen LogP contribution in [0.5, 0.6) is 0 Å². The zero-order valence-corrected chi connectivity index (χ0v) is 6.44. The maximum Gasteiger partial charge on any atom is 0.214 e. The second-order valence-corrected chi connectivity index (χ2v) is 3.19. The van der Waals surface area contributed by atoms with E-state index in [1.54, 1.807) is 12.9 Å². The predicted octanol–water partition coefficient (Wildman–Crippen LogP) is -0.188. The number of hydrogen-bond acceptors (Lipinski definition) is 5. The monoisotopic (exact) mass is 168 g/mol. The second-order valence-electron chi connectivity index (χ2n) is 2.12. The van der Waals surface area contributed by atoms with Crippen molar-refractivity contribution in [2.24, 2.45) is 4.99 Å². The molecule has 2 rings (SSSR count). The van der Waals surface area contributed by atoms with Gasteiger partial charge in [0.1, 0.15) is 5.03 Å². The largest absolute Gasteiger partial charge is 0.374 e. The third-order valence-electron chi connectivity index (χ3n) is 1.36. The highest BCUT2D eigenvalue weighted by molar-refractivity contribution is 8.17. The van der Waals surface area contributed by atoms with E-state index in [2.05, 4.69) is 15.6 Å². The van der Waals surface area contributed by atoms with Crippen LogP contribution in [0.3, 0.4) is 0 Å². The van der Waals surface area contributed by atoms with Gasteiger partial charge in [-0.15, -0.1) is 0 Å². The van der Waals surface area contributed by atoms with E-state index >= 15 is 0 Å². The van der Waals surface area contributed by atoms with E-state index in [0.29, 0.717) is 6.54 Å². The number of aliphatic imine (C=N–C) groups is 1. The van der Waals surface area contributed by atoms with Crippen molar-refractivity contribution in [3.8, 4) is 0 Å². The lowest BCUT2D eigenvalue weighted by Crippen LogP contribution is -2.32. The average molecular weight is 168 g/mol. The Bertz CT molecular complexity index is 259. The molecule has 0 aromatic rings. The van der Waals surface area contributed by atoms with Crippen molar-refractivity contribution in [2.45, 2.75) is 0 Å². The van der Waals surface area contributed by atoms with Gasteiger partial charge in [0.05, 0.1) is 12.2 Å². The summed E-state index contributed by atoms with van der Waals surface area (Å²) in [4.78, 5) is 14.8. The first-order chi connectivity index (χ1) is 5.36. The Morgan fingerprint density at radius 1 is 1.64 bits per heavy atom. The molecule has 0 saturated heterocycles. The summed E-state index contributed by atoms with van der Waals surface area (Å²) in [6.45, 7) is 1.95. The van der Waals surface area contributed by atoms with Gasteiger partial charge in [0, 0.05) is 6.21 Å². The average Bonchev–Trinajstić information content (AvgIpc) is 2.04. The van der Waals surface area contributed by atoms with Crippen LogP contribution in [0.25, 0.3) is 0 Å². The molecule has 0 fully saturated rings. The lowest BCUT2D eigenvalue weighted by molar-refractivity contribution is -0.110. The van der Waals surface area contributed by atoms with Gasteiger partial charge in [-0.3, -0.25) is 9.79 Å². The third kappa shape index (κ3) is 1.23. The molecule has 2 aliphatic heterocycles. The summed E-state index contributed by atoms with van der Waals surface area (Å²) < 4.78 is 0. The highest BCUT2D eigenvalue weighted by Crippen LogP contribution is 2.21. The van der Waals surface area contributed by atoms with Crippen LogP contribution in [0, 0.1) is 6.67 Å². The number of rotatable bonds is 0. The first-order valence-electron chi connectivity index (χ1n) is 3.16. The van der Waals surface area contributed by atoms with Crippen LogP contribution in [0.15, 0.2) is 15.7 Å². The molecule has 4 nitrogen and oxygen atoms in total. The Kier molecular flexibility index (Phi) is 1.58. The van der Waals surface area contributed by atoms with E-state index in [1.807, 2.05) is 0 Å². The quantitative estimate of drug-likeness (QED) is 0.526. The minimum absolute atomic E-state index is 0.125. The van der Waals surface area contributed by atoms with Gasteiger partial charge in [0.2, 0.25) is 5.12 Å². The fourth-order valence-electron chi connectivity index (χ4n) is 0.872. The topological polar surface area (TPSA) is 53.5 Å². The van der Waals surface area contributed by atoms with Gasteiger partial charge in [-0.05, 0) is 11.8 Å². The highest BCUT2D eigenvalue weighted by atomic mass is 32.2. The van der Waals surface area contributed by atoms with E-state index in [0.717, 1.165) is 10.7 Å². The molecule has 2 heterocycles. The Balaban J connectivity index is 2.26. The summed E-state index contributed by atoms with van der Waals surface area (Å²) in [6.07, 6.45) is 1.70. The number of hydrogen-bond donors (Lipinski definition) is 2. The van der Waals surface area contributed by atoms with Crippen molar-refractivity contribution in [3.63, 3.8) is 0 Å². The number of nitrogens with one attached hydrogen (secondary N) is 2. The van der Waals surface area contributed by atoms with Crippen molar-refractivity contribution >= 4 is 23.1 Å². The van der Waals surface area contributed by atoms with Gasteiger partial charge in [0.25, 0.3) is 0 Å². The Labute approximate surface area is 68.1 Å². The van der Waals surface area contributed by atoms with Gasteiger partial charge < -0.3 is 10.6 Å². The first-order valence-corrected chi connectivity index (χ1v) is 3.98. The van der Waals surface area contributed by atoms with E-state index in [1.165, 1.54) is 11.8 Å². The molecular weight excluding hydrogens is 162 g/mol. The maximum absolute atomic E-state index is 10.9. The summed E-state index contributed by atoms with van der Waals surface area (Å²) in [7, 11) is 0. The van der Waals surface area contributed by atoms with Crippen molar-refractivity contribution in [3.05, 3.63) is 17.4 Å². The van der Waals surface area contributed by atoms with Gasteiger partial charge in [0.15, 0.2) is 6.67 Å². The molecule has 0 aliphatic carbocycles. The van der Waals surface area contributed by atoms with E-state index in [4.69, 9.17) is 0 Å². The molecule has 0 atom stereocenters. The fourth-order valence-corrected chi connectivity index (χ4v) is 1.59. The zero-order chi connectivity index (χ0) is 7.68. The molecule has 11 heavy (non-hydrogen) atoms. The lowest BCUT2D eigenvalue weighted by Gasteiger charge is -2.20. The van der Waals surface area contributed by atoms with Gasteiger partial charge >= 0.3 is 0 Å². The summed E-state index contributed by atoms with van der Waals surface area (Å²) in [5, 5.41) is 6.80. The lowest BCUT2D eigenvalue weighted by atomic mass is 10.4. The molecular formula is C6H6N3OS. The van der Waals surface area contributed by atoms with Gasteiger partial charge in [-0.1, -0.05) is 0 Å². The molecule has 0 bridgehead atoms. The maximum atomic E-state index is 10.9. The highest BCUT2D eigenvalue weighted by Gasteiger charge is 2.19. The summed E-state index contributed by atoms with van der Waals surface area (Å²) >= 11 is 1.21. The molecule has 0 amide bonds. The summed E-state index contributed by atoms with van der Waals surface area (Å²) in [5.74, 6) is 0. The van der Waals surface area contributed by atoms with Crippen LogP contribution >= 0.6 is 11.8 Å². The van der Waals surface area contributed by atoms with Gasteiger partial charge in [-0.25, -0.2) is 0 Å². The van der Waals surface area contributed by atoms with Crippen molar-refractivity contribution in [1.29, 1.82) is 0 Å². The van der Waals surface area contributed by atoms with Crippen LogP contribution in [0.1, 0.15) is 0 Å². The number of thioether (sulfide) groups is 1. The minimum atomic E-state index is 0.125. The number of carbonyl (C=O) groups is 1. The third-order valence-corrected chi connectivity index (χ3v) is 2.27. The normalized spacial score (nSPS) is 22.4. The number of nitrogens with zero attached hydrogens (tertiary/aromatic N) is 1. The molecule has 0 saturated carbocycles. The molecule has 0 spiro atoms. The van der Waals surface area contributed by atoms with Crippen LogP contribution in [-0.2, 0) is 4.79 Å². The van der Waals surface area contributed by atoms with Gasteiger partial charge in [-0.2, -0.15) is 0 Å². The molecule has 2 aliphatic rings.